The van der Waals surface area contributed by atoms with Gasteiger partial charge in [0.1, 0.15) is 12.4 Å². The number of aliphatic hydroxyl groups excluding tert-OH is 1. The van der Waals surface area contributed by atoms with E-state index in [-0.39, 0.29) is 19.0 Å². The molecule has 1 heterocycles. The van der Waals surface area contributed by atoms with Crippen LogP contribution in [0.5, 0.6) is 5.75 Å². The van der Waals surface area contributed by atoms with E-state index < -0.39 is 11.6 Å². The third-order valence-corrected chi connectivity index (χ3v) is 3.35. The Bertz CT molecular complexity index is 641. The SMILES string of the molecule is OCCC#Cc1ccsc1COc1ccc(F)cc1F. The second kappa shape index (κ2) is 7.04. The van der Waals surface area contributed by atoms with Crippen LogP contribution in [0.4, 0.5) is 8.78 Å². The second-order valence-electron chi connectivity index (χ2n) is 3.90. The summed E-state index contributed by atoms with van der Waals surface area (Å²) in [4.78, 5) is 0.860. The van der Waals surface area contributed by atoms with Crippen LogP contribution in [0.2, 0.25) is 0 Å². The van der Waals surface area contributed by atoms with Crippen molar-refractivity contribution in [3.8, 4) is 17.6 Å². The Hall–Kier alpha value is -1.90. The summed E-state index contributed by atoms with van der Waals surface area (Å²) in [5.41, 5.74) is 0.797. The molecule has 0 saturated heterocycles. The molecule has 0 atom stereocenters. The summed E-state index contributed by atoms with van der Waals surface area (Å²) in [7, 11) is 0. The molecule has 2 aromatic rings. The highest BCUT2D eigenvalue weighted by atomic mass is 32.1. The standard InChI is InChI=1S/C15H12F2O2S/c16-12-4-5-14(13(17)9-12)19-10-15-11(6-8-20-15)3-1-2-7-18/h4-6,8-9,18H,2,7,10H2. The van der Waals surface area contributed by atoms with Crippen molar-refractivity contribution in [1.29, 1.82) is 0 Å². The van der Waals surface area contributed by atoms with Gasteiger partial charge in [0, 0.05) is 18.1 Å². The summed E-state index contributed by atoms with van der Waals surface area (Å²) in [6, 6.07) is 5.03. The molecule has 1 N–H and O–H groups in total. The lowest BCUT2D eigenvalue weighted by atomic mass is 10.2. The fraction of sp³-hybridized carbons (Fsp3) is 0.200. The van der Waals surface area contributed by atoms with Gasteiger partial charge in [0.05, 0.1) is 11.5 Å². The first-order valence-corrected chi connectivity index (χ1v) is 6.82. The summed E-state index contributed by atoms with van der Waals surface area (Å²) < 4.78 is 31.5. The fourth-order valence-electron chi connectivity index (χ4n) is 1.51. The molecule has 1 aromatic heterocycles. The number of thiophene rings is 1. The lowest BCUT2D eigenvalue weighted by Crippen LogP contribution is -1.97. The van der Waals surface area contributed by atoms with Crippen molar-refractivity contribution < 1.29 is 18.6 Å². The zero-order chi connectivity index (χ0) is 14.4. The minimum Gasteiger partial charge on any atom is -0.485 e. The lowest BCUT2D eigenvalue weighted by Gasteiger charge is -2.06. The lowest BCUT2D eigenvalue weighted by molar-refractivity contribution is 0.292. The monoisotopic (exact) mass is 294 g/mol. The van der Waals surface area contributed by atoms with Gasteiger partial charge in [0.2, 0.25) is 0 Å². The number of benzene rings is 1. The smallest absolute Gasteiger partial charge is 0.167 e. The maximum atomic E-state index is 13.4. The number of ether oxygens (including phenoxy) is 1. The average Bonchev–Trinajstić information content (AvgIpc) is 2.86. The Labute approximate surface area is 119 Å². The topological polar surface area (TPSA) is 29.5 Å². The zero-order valence-electron chi connectivity index (χ0n) is 10.5. The molecular weight excluding hydrogens is 282 g/mol. The Balaban J connectivity index is 2.04. The molecule has 0 aliphatic rings. The molecule has 0 aliphatic carbocycles. The van der Waals surface area contributed by atoms with Gasteiger partial charge in [-0.1, -0.05) is 11.8 Å². The molecule has 0 amide bonds. The van der Waals surface area contributed by atoms with Gasteiger partial charge >= 0.3 is 0 Å². The van der Waals surface area contributed by atoms with Crippen molar-refractivity contribution in [3.63, 3.8) is 0 Å². The van der Waals surface area contributed by atoms with E-state index in [2.05, 4.69) is 11.8 Å². The summed E-state index contributed by atoms with van der Waals surface area (Å²) in [5.74, 6) is 4.39. The van der Waals surface area contributed by atoms with Gasteiger partial charge in [-0.15, -0.1) is 11.3 Å². The zero-order valence-corrected chi connectivity index (χ0v) is 11.3. The average molecular weight is 294 g/mol. The molecule has 0 bridgehead atoms. The highest BCUT2D eigenvalue weighted by molar-refractivity contribution is 7.10. The third kappa shape index (κ3) is 3.80. The first-order valence-electron chi connectivity index (χ1n) is 5.94. The van der Waals surface area contributed by atoms with E-state index in [1.807, 2.05) is 11.4 Å². The van der Waals surface area contributed by atoms with Gasteiger partial charge in [-0.05, 0) is 23.6 Å². The quantitative estimate of drug-likeness (QED) is 0.876. The van der Waals surface area contributed by atoms with Crippen molar-refractivity contribution in [2.45, 2.75) is 13.0 Å². The van der Waals surface area contributed by atoms with Crippen LogP contribution >= 0.6 is 11.3 Å². The van der Waals surface area contributed by atoms with E-state index in [1.165, 1.54) is 17.4 Å². The molecule has 5 heteroatoms. The number of hydrogen-bond acceptors (Lipinski definition) is 3. The van der Waals surface area contributed by atoms with E-state index in [0.717, 1.165) is 22.6 Å². The Morgan fingerprint density at radius 1 is 1.25 bits per heavy atom. The van der Waals surface area contributed by atoms with Crippen LogP contribution in [0, 0.1) is 23.5 Å². The first kappa shape index (κ1) is 14.5. The van der Waals surface area contributed by atoms with Crippen LogP contribution < -0.4 is 4.74 Å². The third-order valence-electron chi connectivity index (χ3n) is 2.46. The summed E-state index contributed by atoms with van der Waals surface area (Å²) in [6.07, 6.45) is 0.405. The number of aliphatic hydroxyl groups is 1. The predicted octanol–water partition coefficient (Wildman–Crippen LogP) is 3.34. The Morgan fingerprint density at radius 2 is 2.10 bits per heavy atom. The number of hydrogen-bond donors (Lipinski definition) is 1. The van der Waals surface area contributed by atoms with Crippen molar-refractivity contribution in [2.75, 3.05) is 6.61 Å². The van der Waals surface area contributed by atoms with Crippen LogP contribution in [0.1, 0.15) is 16.9 Å². The Morgan fingerprint density at radius 3 is 2.85 bits per heavy atom. The van der Waals surface area contributed by atoms with Gasteiger partial charge < -0.3 is 9.84 Å². The molecule has 2 nitrogen and oxygen atoms in total. The molecule has 104 valence electrons. The van der Waals surface area contributed by atoms with Crippen LogP contribution in [-0.4, -0.2) is 11.7 Å². The molecule has 0 radical (unpaired) electrons. The van der Waals surface area contributed by atoms with Gasteiger partial charge in [0.15, 0.2) is 11.6 Å². The van der Waals surface area contributed by atoms with E-state index in [4.69, 9.17) is 9.84 Å². The molecule has 0 spiro atoms. The number of rotatable bonds is 4. The van der Waals surface area contributed by atoms with E-state index in [9.17, 15) is 8.78 Å². The first-order chi connectivity index (χ1) is 9.70. The van der Waals surface area contributed by atoms with Crippen molar-refractivity contribution in [3.05, 3.63) is 51.7 Å². The van der Waals surface area contributed by atoms with Gasteiger partial charge in [-0.2, -0.15) is 0 Å². The van der Waals surface area contributed by atoms with Gasteiger partial charge in [-0.25, -0.2) is 8.78 Å². The summed E-state index contributed by atoms with van der Waals surface area (Å²) in [5, 5.41) is 10.5. The largest absolute Gasteiger partial charge is 0.485 e. The minimum atomic E-state index is -0.727. The van der Waals surface area contributed by atoms with E-state index in [0.29, 0.717) is 6.42 Å². The predicted molar refractivity (Wildman–Crippen MR) is 73.6 cm³/mol. The van der Waals surface area contributed by atoms with Crippen LogP contribution in [0.3, 0.4) is 0 Å². The second-order valence-corrected chi connectivity index (χ2v) is 4.90. The molecule has 0 aliphatic heterocycles. The molecule has 2 rings (SSSR count). The fourth-order valence-corrected chi connectivity index (χ4v) is 2.25. The maximum Gasteiger partial charge on any atom is 0.167 e. The minimum absolute atomic E-state index is 0.00840. The normalized spacial score (nSPS) is 9.95. The molecule has 20 heavy (non-hydrogen) atoms. The maximum absolute atomic E-state index is 13.4. The molecule has 0 fully saturated rings. The Kier molecular flexibility index (Phi) is 5.10. The van der Waals surface area contributed by atoms with Gasteiger partial charge in [-0.3, -0.25) is 0 Å². The van der Waals surface area contributed by atoms with E-state index >= 15 is 0 Å². The molecular formula is C15H12F2O2S. The van der Waals surface area contributed by atoms with Crippen molar-refractivity contribution in [2.24, 2.45) is 0 Å². The summed E-state index contributed by atoms with van der Waals surface area (Å²) >= 11 is 1.45. The molecule has 0 saturated carbocycles. The van der Waals surface area contributed by atoms with Crippen molar-refractivity contribution >= 4 is 11.3 Å². The van der Waals surface area contributed by atoms with E-state index in [1.54, 1.807) is 0 Å². The highest BCUT2D eigenvalue weighted by Gasteiger charge is 2.07. The highest BCUT2D eigenvalue weighted by Crippen LogP contribution is 2.22. The van der Waals surface area contributed by atoms with Crippen LogP contribution in [-0.2, 0) is 6.61 Å². The van der Waals surface area contributed by atoms with Crippen molar-refractivity contribution in [1.82, 2.24) is 0 Å². The van der Waals surface area contributed by atoms with Crippen LogP contribution in [0.15, 0.2) is 29.6 Å². The molecule has 0 unspecified atom stereocenters. The van der Waals surface area contributed by atoms with Gasteiger partial charge in [0.25, 0.3) is 0 Å². The molecule has 1 aromatic carbocycles. The van der Waals surface area contributed by atoms with Crippen LogP contribution in [0.25, 0.3) is 0 Å². The summed E-state index contributed by atoms with van der Waals surface area (Å²) in [6.45, 7) is 0.188. The number of halogens is 2.